The first-order valence-electron chi connectivity index (χ1n) is 9.49. The van der Waals surface area contributed by atoms with Crippen molar-refractivity contribution in [3.8, 4) is 0 Å². The highest BCUT2D eigenvalue weighted by atomic mass is 32.2. The summed E-state index contributed by atoms with van der Waals surface area (Å²) in [4.78, 5) is 24.8. The molecule has 2 aromatic rings. The molecule has 2 amide bonds. The van der Waals surface area contributed by atoms with Crippen LogP contribution in [0.2, 0.25) is 0 Å². The number of carbonyl (C=O) groups is 2. The Balaban J connectivity index is 1.64. The zero-order valence-corrected chi connectivity index (χ0v) is 17.2. The van der Waals surface area contributed by atoms with Gasteiger partial charge in [0.05, 0.1) is 12.0 Å². The molecule has 1 fully saturated rings. The predicted octanol–water partition coefficient (Wildman–Crippen LogP) is 2.21. The largest absolute Gasteiger partial charge is 0.459 e. The van der Waals surface area contributed by atoms with E-state index in [2.05, 4.69) is 10.6 Å². The molecule has 1 aliphatic heterocycles. The molecule has 1 atom stereocenters. The number of rotatable bonds is 7. The van der Waals surface area contributed by atoms with Gasteiger partial charge in [-0.1, -0.05) is 26.0 Å². The number of furan rings is 1. The number of carbonyl (C=O) groups excluding carboxylic acids is 2. The average Bonchev–Trinajstić information content (AvgIpc) is 3.31. The summed E-state index contributed by atoms with van der Waals surface area (Å²) in [5.74, 6) is -0.552. The van der Waals surface area contributed by atoms with Crippen LogP contribution in [0.4, 0.5) is 5.69 Å². The van der Waals surface area contributed by atoms with Gasteiger partial charge in [0.15, 0.2) is 5.76 Å². The van der Waals surface area contributed by atoms with Gasteiger partial charge in [0.25, 0.3) is 5.91 Å². The molecule has 0 saturated carbocycles. The highest BCUT2D eigenvalue weighted by Gasteiger charge is 2.39. The molecule has 0 spiro atoms. The third-order valence-corrected chi connectivity index (χ3v) is 6.67. The van der Waals surface area contributed by atoms with E-state index in [4.69, 9.17) is 4.42 Å². The molecule has 156 valence electrons. The number of sulfonamides is 1. The second kappa shape index (κ2) is 8.79. The zero-order chi connectivity index (χ0) is 21.0. The fourth-order valence-electron chi connectivity index (χ4n) is 3.39. The highest BCUT2D eigenvalue weighted by Crippen LogP contribution is 2.22. The predicted molar refractivity (Wildman–Crippen MR) is 109 cm³/mol. The molecule has 1 saturated heterocycles. The lowest BCUT2D eigenvalue weighted by Gasteiger charge is -2.28. The van der Waals surface area contributed by atoms with Crippen molar-refractivity contribution in [1.29, 1.82) is 0 Å². The van der Waals surface area contributed by atoms with Gasteiger partial charge >= 0.3 is 0 Å². The Kier molecular flexibility index (Phi) is 6.39. The van der Waals surface area contributed by atoms with Gasteiger partial charge in [0, 0.05) is 18.8 Å². The van der Waals surface area contributed by atoms with Crippen LogP contribution in [-0.4, -0.2) is 42.9 Å². The Labute approximate surface area is 170 Å². The monoisotopic (exact) mass is 419 g/mol. The van der Waals surface area contributed by atoms with E-state index in [1.54, 1.807) is 30.3 Å². The third kappa shape index (κ3) is 5.04. The number of nitrogens with zero attached hydrogens (tertiary/aromatic N) is 1. The zero-order valence-electron chi connectivity index (χ0n) is 16.4. The standard InChI is InChI=1S/C20H25N3O5S/c1-14(2)18(23-9-5-11-29(23,26)27)20(25)21-13-15-6-3-7-16(12-15)22-19(24)17-8-4-10-28-17/h3-4,6-8,10,12,14,18H,5,9,11,13H2,1-2H3,(H,21,25)(H,22,24)/t18-/m1/s1. The van der Waals surface area contributed by atoms with Crippen LogP contribution in [-0.2, 0) is 21.4 Å². The summed E-state index contributed by atoms with van der Waals surface area (Å²) in [6, 6.07) is 9.54. The maximum atomic E-state index is 12.8. The Morgan fingerprint density at radius 3 is 2.62 bits per heavy atom. The van der Waals surface area contributed by atoms with Crippen molar-refractivity contribution in [3.05, 3.63) is 54.0 Å². The van der Waals surface area contributed by atoms with E-state index in [-0.39, 0.29) is 35.8 Å². The van der Waals surface area contributed by atoms with Gasteiger partial charge in [-0.3, -0.25) is 9.59 Å². The van der Waals surface area contributed by atoms with Crippen LogP contribution in [0.5, 0.6) is 0 Å². The fourth-order valence-corrected chi connectivity index (χ4v) is 5.21. The van der Waals surface area contributed by atoms with Crippen molar-refractivity contribution in [3.63, 3.8) is 0 Å². The maximum Gasteiger partial charge on any atom is 0.291 e. The SMILES string of the molecule is CC(C)[C@H](C(=O)NCc1cccc(NC(=O)c2ccco2)c1)N1CCCS1(=O)=O. The van der Waals surface area contributed by atoms with Crippen LogP contribution >= 0.6 is 0 Å². The van der Waals surface area contributed by atoms with Crippen LogP contribution in [0.15, 0.2) is 47.1 Å². The molecule has 0 bridgehead atoms. The normalized spacial score (nSPS) is 17.2. The van der Waals surface area contributed by atoms with E-state index in [9.17, 15) is 18.0 Å². The van der Waals surface area contributed by atoms with E-state index in [1.807, 2.05) is 19.9 Å². The molecule has 8 nitrogen and oxygen atoms in total. The molecule has 29 heavy (non-hydrogen) atoms. The fraction of sp³-hybridized carbons (Fsp3) is 0.400. The molecule has 1 aromatic heterocycles. The molecule has 0 radical (unpaired) electrons. The molecule has 0 unspecified atom stereocenters. The summed E-state index contributed by atoms with van der Waals surface area (Å²) in [5.41, 5.74) is 1.35. The number of nitrogens with one attached hydrogen (secondary N) is 2. The summed E-state index contributed by atoms with van der Waals surface area (Å²) in [6.45, 7) is 4.26. The van der Waals surface area contributed by atoms with Crippen LogP contribution in [0.25, 0.3) is 0 Å². The number of amides is 2. The molecule has 9 heteroatoms. The van der Waals surface area contributed by atoms with Gasteiger partial charge in [-0.25, -0.2) is 8.42 Å². The number of benzene rings is 1. The lowest BCUT2D eigenvalue weighted by Crippen LogP contribution is -2.50. The highest BCUT2D eigenvalue weighted by molar-refractivity contribution is 7.89. The Morgan fingerprint density at radius 1 is 1.21 bits per heavy atom. The first-order valence-corrected chi connectivity index (χ1v) is 11.1. The molecule has 1 aromatic carbocycles. The molecular formula is C20H25N3O5S. The van der Waals surface area contributed by atoms with E-state index in [0.717, 1.165) is 5.56 Å². The molecular weight excluding hydrogens is 394 g/mol. The van der Waals surface area contributed by atoms with E-state index >= 15 is 0 Å². The van der Waals surface area contributed by atoms with Crippen LogP contribution in [0.3, 0.4) is 0 Å². The second-order valence-electron chi connectivity index (χ2n) is 7.32. The van der Waals surface area contributed by atoms with E-state index < -0.39 is 16.1 Å². The Bertz CT molecular complexity index is 970. The van der Waals surface area contributed by atoms with Gasteiger partial charge in [-0.2, -0.15) is 4.31 Å². The lowest BCUT2D eigenvalue weighted by molar-refractivity contribution is -0.126. The first kappa shape index (κ1) is 21.1. The van der Waals surface area contributed by atoms with Crippen molar-refractivity contribution >= 4 is 27.5 Å². The van der Waals surface area contributed by atoms with Crippen molar-refractivity contribution in [2.24, 2.45) is 5.92 Å². The number of anilines is 1. The maximum absolute atomic E-state index is 12.8. The summed E-state index contributed by atoms with van der Waals surface area (Å²) in [7, 11) is -3.38. The number of hydrogen-bond donors (Lipinski definition) is 2. The molecule has 2 N–H and O–H groups in total. The van der Waals surface area contributed by atoms with Crippen molar-refractivity contribution in [1.82, 2.24) is 9.62 Å². The second-order valence-corrected chi connectivity index (χ2v) is 9.36. The molecule has 1 aliphatic rings. The lowest BCUT2D eigenvalue weighted by atomic mass is 10.0. The van der Waals surface area contributed by atoms with Gasteiger partial charge in [0.1, 0.15) is 6.04 Å². The van der Waals surface area contributed by atoms with Gasteiger partial charge in [-0.05, 0) is 42.2 Å². The van der Waals surface area contributed by atoms with Crippen molar-refractivity contribution in [2.75, 3.05) is 17.6 Å². The molecule has 2 heterocycles. The smallest absolute Gasteiger partial charge is 0.291 e. The minimum atomic E-state index is -3.38. The molecule has 0 aliphatic carbocycles. The van der Waals surface area contributed by atoms with Crippen LogP contribution in [0, 0.1) is 5.92 Å². The Hall–Kier alpha value is -2.65. The average molecular weight is 420 g/mol. The van der Waals surface area contributed by atoms with Crippen molar-refractivity contribution in [2.45, 2.75) is 32.9 Å². The van der Waals surface area contributed by atoms with E-state index in [1.165, 1.54) is 10.6 Å². The third-order valence-electron chi connectivity index (χ3n) is 4.75. The molecule has 3 rings (SSSR count). The Morgan fingerprint density at radius 2 is 2.00 bits per heavy atom. The van der Waals surface area contributed by atoms with Gasteiger partial charge in [-0.15, -0.1) is 0 Å². The van der Waals surface area contributed by atoms with Crippen LogP contribution in [0.1, 0.15) is 36.4 Å². The van der Waals surface area contributed by atoms with Crippen LogP contribution < -0.4 is 10.6 Å². The minimum Gasteiger partial charge on any atom is -0.459 e. The summed E-state index contributed by atoms with van der Waals surface area (Å²) in [5, 5.41) is 5.56. The first-order chi connectivity index (χ1) is 13.8. The topological polar surface area (TPSA) is 109 Å². The summed E-state index contributed by atoms with van der Waals surface area (Å²) in [6.07, 6.45) is 1.96. The summed E-state index contributed by atoms with van der Waals surface area (Å²) < 4.78 is 30.8. The van der Waals surface area contributed by atoms with E-state index in [0.29, 0.717) is 18.7 Å². The van der Waals surface area contributed by atoms with Gasteiger partial charge in [0.2, 0.25) is 15.9 Å². The number of hydrogen-bond acceptors (Lipinski definition) is 5. The van der Waals surface area contributed by atoms with Gasteiger partial charge < -0.3 is 15.1 Å². The van der Waals surface area contributed by atoms with Crippen molar-refractivity contribution < 1.29 is 22.4 Å². The summed E-state index contributed by atoms with van der Waals surface area (Å²) >= 11 is 0. The minimum absolute atomic E-state index is 0.0842. The quantitative estimate of drug-likeness (QED) is 0.715.